The van der Waals surface area contributed by atoms with Gasteiger partial charge in [-0.1, -0.05) is 25.3 Å². The molecule has 1 amide bonds. The smallest absolute Gasteiger partial charge is 0.224 e. The minimum Gasteiger partial charge on any atom is -0.493 e. The second kappa shape index (κ2) is 10.0. The van der Waals surface area contributed by atoms with Crippen molar-refractivity contribution in [1.82, 2.24) is 0 Å². The summed E-state index contributed by atoms with van der Waals surface area (Å²) in [5.74, 6) is 1.38. The number of carbonyl (C=O) groups is 1. The summed E-state index contributed by atoms with van der Waals surface area (Å²) in [5.41, 5.74) is 2.99. The first-order valence-electron chi connectivity index (χ1n) is 10.1. The maximum absolute atomic E-state index is 12.3. The van der Waals surface area contributed by atoms with Crippen molar-refractivity contribution in [3.05, 3.63) is 48.0 Å². The number of amides is 1. The average Bonchev–Trinajstić information content (AvgIpc) is 2.74. The zero-order valence-corrected chi connectivity index (χ0v) is 16.8. The van der Waals surface area contributed by atoms with Gasteiger partial charge in [0.15, 0.2) is 11.5 Å². The number of hydrogen-bond acceptors (Lipinski definition) is 4. The number of ether oxygens (including phenoxy) is 2. The van der Waals surface area contributed by atoms with Crippen molar-refractivity contribution in [2.45, 2.75) is 51.0 Å². The number of anilines is 2. The van der Waals surface area contributed by atoms with Gasteiger partial charge in [0.05, 0.1) is 14.2 Å². The Balaban J connectivity index is 1.48. The first-order valence-corrected chi connectivity index (χ1v) is 10.1. The zero-order chi connectivity index (χ0) is 19.8. The van der Waals surface area contributed by atoms with E-state index in [1.165, 1.54) is 32.1 Å². The van der Waals surface area contributed by atoms with Crippen molar-refractivity contribution >= 4 is 17.3 Å². The van der Waals surface area contributed by atoms with E-state index in [9.17, 15) is 4.79 Å². The van der Waals surface area contributed by atoms with Crippen LogP contribution in [0.1, 0.15) is 44.1 Å². The van der Waals surface area contributed by atoms with Crippen LogP contribution < -0.4 is 20.1 Å². The highest BCUT2D eigenvalue weighted by Gasteiger charge is 2.13. The molecular weight excluding hydrogens is 352 g/mol. The van der Waals surface area contributed by atoms with Gasteiger partial charge in [-0.2, -0.15) is 0 Å². The minimum atomic E-state index is 0.00257. The number of nitrogens with one attached hydrogen (secondary N) is 2. The van der Waals surface area contributed by atoms with Crippen LogP contribution in [0.2, 0.25) is 0 Å². The Morgan fingerprint density at radius 2 is 1.61 bits per heavy atom. The number of methoxy groups -OCH3 is 2. The number of aryl methyl sites for hydroxylation is 1. The van der Waals surface area contributed by atoms with E-state index in [2.05, 4.69) is 10.6 Å². The highest BCUT2D eigenvalue weighted by molar-refractivity contribution is 5.91. The standard InChI is InChI=1S/C23H30N2O3/c1-27-21-14-8-17(16-22(21)28-2)9-15-23(26)25-20-12-10-19(11-13-20)24-18-6-4-3-5-7-18/h8,10-14,16,18,24H,3-7,9,15H2,1-2H3,(H,25,26). The molecule has 3 rings (SSSR count). The number of hydrogen-bond donors (Lipinski definition) is 2. The van der Waals surface area contributed by atoms with E-state index in [1.54, 1.807) is 14.2 Å². The van der Waals surface area contributed by atoms with Gasteiger partial charge >= 0.3 is 0 Å². The normalized spacial score (nSPS) is 14.4. The summed E-state index contributed by atoms with van der Waals surface area (Å²) in [4.78, 5) is 12.3. The van der Waals surface area contributed by atoms with E-state index < -0.39 is 0 Å². The van der Waals surface area contributed by atoms with Crippen LogP contribution in [0.3, 0.4) is 0 Å². The van der Waals surface area contributed by atoms with Gasteiger partial charge < -0.3 is 20.1 Å². The molecule has 5 nitrogen and oxygen atoms in total. The molecular formula is C23H30N2O3. The lowest BCUT2D eigenvalue weighted by Gasteiger charge is -2.23. The lowest BCUT2D eigenvalue weighted by atomic mass is 9.95. The van der Waals surface area contributed by atoms with Crippen LogP contribution in [0.15, 0.2) is 42.5 Å². The summed E-state index contributed by atoms with van der Waals surface area (Å²) in [6, 6.07) is 14.3. The lowest BCUT2D eigenvalue weighted by molar-refractivity contribution is -0.116. The predicted octanol–water partition coefficient (Wildman–Crippen LogP) is 5.02. The molecule has 1 fully saturated rings. The van der Waals surface area contributed by atoms with E-state index in [4.69, 9.17) is 9.47 Å². The zero-order valence-electron chi connectivity index (χ0n) is 16.8. The first kappa shape index (κ1) is 20.1. The fourth-order valence-electron chi connectivity index (χ4n) is 3.65. The fourth-order valence-corrected chi connectivity index (χ4v) is 3.65. The fraction of sp³-hybridized carbons (Fsp3) is 0.435. The Morgan fingerprint density at radius 1 is 0.929 bits per heavy atom. The average molecular weight is 383 g/mol. The summed E-state index contributed by atoms with van der Waals surface area (Å²) >= 11 is 0. The van der Waals surface area contributed by atoms with Crippen LogP contribution in [0.5, 0.6) is 11.5 Å². The predicted molar refractivity (Wildman–Crippen MR) is 113 cm³/mol. The highest BCUT2D eigenvalue weighted by atomic mass is 16.5. The van der Waals surface area contributed by atoms with Crippen LogP contribution >= 0.6 is 0 Å². The molecule has 0 saturated heterocycles. The molecule has 0 heterocycles. The largest absolute Gasteiger partial charge is 0.493 e. The van der Waals surface area contributed by atoms with Crippen molar-refractivity contribution in [2.24, 2.45) is 0 Å². The molecule has 0 atom stereocenters. The van der Waals surface area contributed by atoms with Gasteiger partial charge in [0, 0.05) is 23.8 Å². The third-order valence-corrected chi connectivity index (χ3v) is 5.23. The highest BCUT2D eigenvalue weighted by Crippen LogP contribution is 2.28. The second-order valence-corrected chi connectivity index (χ2v) is 7.29. The van der Waals surface area contributed by atoms with E-state index in [-0.39, 0.29) is 5.91 Å². The summed E-state index contributed by atoms with van der Waals surface area (Å²) in [6.07, 6.45) is 7.53. The summed E-state index contributed by atoms with van der Waals surface area (Å²) in [7, 11) is 3.22. The van der Waals surface area contributed by atoms with Gasteiger partial charge in [0.25, 0.3) is 0 Å². The topological polar surface area (TPSA) is 59.6 Å². The van der Waals surface area contributed by atoms with E-state index in [1.807, 2.05) is 42.5 Å². The maximum atomic E-state index is 12.3. The van der Waals surface area contributed by atoms with Crippen molar-refractivity contribution in [2.75, 3.05) is 24.9 Å². The Kier molecular flexibility index (Phi) is 7.18. The lowest BCUT2D eigenvalue weighted by Crippen LogP contribution is -2.22. The molecule has 2 aromatic rings. The molecule has 1 saturated carbocycles. The molecule has 2 N–H and O–H groups in total. The monoisotopic (exact) mass is 382 g/mol. The van der Waals surface area contributed by atoms with Crippen LogP contribution in [0, 0.1) is 0 Å². The molecule has 0 aromatic heterocycles. The molecule has 0 bridgehead atoms. The Bertz CT molecular complexity index is 768. The van der Waals surface area contributed by atoms with Crippen LogP contribution in [0.25, 0.3) is 0 Å². The van der Waals surface area contributed by atoms with Crippen LogP contribution in [0.4, 0.5) is 11.4 Å². The number of rotatable bonds is 8. The maximum Gasteiger partial charge on any atom is 0.224 e. The Hall–Kier alpha value is -2.69. The van der Waals surface area contributed by atoms with Gasteiger partial charge in [-0.15, -0.1) is 0 Å². The van der Waals surface area contributed by atoms with Gasteiger partial charge in [-0.25, -0.2) is 0 Å². The van der Waals surface area contributed by atoms with Crippen molar-refractivity contribution < 1.29 is 14.3 Å². The number of carbonyl (C=O) groups excluding carboxylic acids is 1. The quantitative estimate of drug-likeness (QED) is 0.673. The molecule has 0 radical (unpaired) electrons. The van der Waals surface area contributed by atoms with Gasteiger partial charge in [0.1, 0.15) is 0 Å². The SMILES string of the molecule is COc1ccc(CCC(=O)Nc2ccc(NC3CCCCC3)cc2)cc1OC. The Morgan fingerprint density at radius 3 is 2.29 bits per heavy atom. The molecule has 1 aliphatic rings. The van der Waals surface area contributed by atoms with Gasteiger partial charge in [0.2, 0.25) is 5.91 Å². The van der Waals surface area contributed by atoms with Crippen LogP contribution in [-0.2, 0) is 11.2 Å². The molecule has 0 unspecified atom stereocenters. The van der Waals surface area contributed by atoms with Gasteiger partial charge in [-0.3, -0.25) is 4.79 Å². The van der Waals surface area contributed by atoms with E-state index >= 15 is 0 Å². The molecule has 2 aromatic carbocycles. The molecule has 1 aliphatic carbocycles. The summed E-state index contributed by atoms with van der Waals surface area (Å²) in [5, 5.41) is 6.56. The second-order valence-electron chi connectivity index (χ2n) is 7.29. The molecule has 5 heteroatoms. The Labute approximate surface area is 167 Å². The van der Waals surface area contributed by atoms with E-state index in [0.717, 1.165) is 16.9 Å². The van der Waals surface area contributed by atoms with Gasteiger partial charge in [-0.05, 0) is 61.2 Å². The summed E-state index contributed by atoms with van der Waals surface area (Å²) in [6.45, 7) is 0. The van der Waals surface area contributed by atoms with E-state index in [0.29, 0.717) is 30.4 Å². The van der Waals surface area contributed by atoms with Crippen molar-refractivity contribution in [1.29, 1.82) is 0 Å². The third kappa shape index (κ3) is 5.65. The number of benzene rings is 2. The molecule has 28 heavy (non-hydrogen) atoms. The summed E-state index contributed by atoms with van der Waals surface area (Å²) < 4.78 is 10.6. The minimum absolute atomic E-state index is 0.00257. The van der Waals surface area contributed by atoms with Crippen molar-refractivity contribution in [3.63, 3.8) is 0 Å². The molecule has 0 spiro atoms. The third-order valence-electron chi connectivity index (χ3n) is 5.23. The first-order chi connectivity index (χ1) is 13.7. The molecule has 150 valence electrons. The van der Waals surface area contributed by atoms with Crippen molar-refractivity contribution in [3.8, 4) is 11.5 Å². The molecule has 0 aliphatic heterocycles. The van der Waals surface area contributed by atoms with Crippen LogP contribution in [-0.4, -0.2) is 26.2 Å².